The van der Waals surface area contributed by atoms with Gasteiger partial charge in [0.05, 0.1) is 6.42 Å². The molecule has 5 nitrogen and oxygen atoms in total. The number of rotatable bonds is 6. The average molecular weight is 276 g/mol. The third kappa shape index (κ3) is 6.04. The van der Waals surface area contributed by atoms with Crippen LogP contribution in [0.15, 0.2) is 35.9 Å². The maximum absolute atomic E-state index is 11.7. The largest absolute Gasteiger partial charge is 0.481 e. The molecule has 0 aliphatic carbocycles. The minimum atomic E-state index is -0.923. The second-order valence-corrected chi connectivity index (χ2v) is 4.63. The fraction of sp³-hybridized carbons (Fsp3) is 0.333. The summed E-state index contributed by atoms with van der Waals surface area (Å²) in [5, 5.41) is 11.1. The van der Waals surface area contributed by atoms with Crippen LogP contribution < -0.4 is 5.32 Å². The first-order valence-electron chi connectivity index (χ1n) is 6.42. The van der Waals surface area contributed by atoms with E-state index in [-0.39, 0.29) is 19.0 Å². The van der Waals surface area contributed by atoms with E-state index in [0.717, 1.165) is 11.1 Å². The predicted octanol–water partition coefficient (Wildman–Crippen LogP) is 2.21. The van der Waals surface area contributed by atoms with Gasteiger partial charge in [0.15, 0.2) is 0 Å². The van der Waals surface area contributed by atoms with Crippen molar-refractivity contribution in [3.63, 3.8) is 0 Å². The molecule has 0 unspecified atom stereocenters. The number of carbonyl (C=O) groups is 2. The van der Waals surface area contributed by atoms with Crippen LogP contribution in [0.4, 0.5) is 4.79 Å². The second-order valence-electron chi connectivity index (χ2n) is 4.63. The molecule has 20 heavy (non-hydrogen) atoms. The van der Waals surface area contributed by atoms with Crippen molar-refractivity contribution in [3.05, 3.63) is 41.5 Å². The Kier molecular flexibility index (Phi) is 6.29. The maximum atomic E-state index is 11.7. The molecule has 0 aromatic heterocycles. The Bertz CT molecular complexity index is 483. The van der Waals surface area contributed by atoms with E-state index in [9.17, 15) is 9.59 Å². The highest BCUT2D eigenvalue weighted by Crippen LogP contribution is 2.07. The standard InChI is InChI=1S/C15H20N2O3/c1-12(10-13-6-4-3-5-7-13)11-17(2)15(20)16-9-8-14(18)19/h3-7,10H,8-9,11H2,1-2H3,(H,16,20)(H,18,19)/b12-10+. The van der Waals surface area contributed by atoms with E-state index in [1.165, 1.54) is 4.90 Å². The van der Waals surface area contributed by atoms with Crippen LogP contribution in [0.2, 0.25) is 0 Å². The van der Waals surface area contributed by atoms with Crippen molar-refractivity contribution in [2.45, 2.75) is 13.3 Å². The van der Waals surface area contributed by atoms with Gasteiger partial charge < -0.3 is 15.3 Å². The first kappa shape index (κ1) is 15.8. The Morgan fingerprint density at radius 1 is 1.30 bits per heavy atom. The van der Waals surface area contributed by atoms with Crippen molar-refractivity contribution in [2.75, 3.05) is 20.1 Å². The summed E-state index contributed by atoms with van der Waals surface area (Å²) in [6.45, 7) is 2.59. The molecule has 0 saturated carbocycles. The zero-order valence-corrected chi connectivity index (χ0v) is 11.8. The first-order valence-corrected chi connectivity index (χ1v) is 6.42. The summed E-state index contributed by atoms with van der Waals surface area (Å²) in [5.41, 5.74) is 2.14. The minimum Gasteiger partial charge on any atom is -0.481 e. The Balaban J connectivity index is 2.44. The molecule has 2 N–H and O–H groups in total. The van der Waals surface area contributed by atoms with E-state index in [0.29, 0.717) is 6.54 Å². The number of hydrogen-bond acceptors (Lipinski definition) is 2. The lowest BCUT2D eigenvalue weighted by Gasteiger charge is -2.18. The lowest BCUT2D eigenvalue weighted by molar-refractivity contribution is -0.136. The monoisotopic (exact) mass is 276 g/mol. The number of carboxylic acid groups (broad SMARTS) is 1. The molecule has 108 valence electrons. The molecular formula is C15H20N2O3. The molecular weight excluding hydrogens is 256 g/mol. The fourth-order valence-corrected chi connectivity index (χ4v) is 1.74. The topological polar surface area (TPSA) is 69.6 Å². The molecule has 1 aromatic carbocycles. The highest BCUT2D eigenvalue weighted by atomic mass is 16.4. The Morgan fingerprint density at radius 3 is 2.55 bits per heavy atom. The summed E-state index contributed by atoms with van der Waals surface area (Å²) >= 11 is 0. The second kappa shape index (κ2) is 7.99. The zero-order valence-electron chi connectivity index (χ0n) is 11.8. The summed E-state index contributed by atoms with van der Waals surface area (Å²) < 4.78 is 0. The number of carboxylic acids is 1. The molecule has 0 atom stereocenters. The molecule has 0 spiro atoms. The average Bonchev–Trinajstić information content (AvgIpc) is 2.39. The minimum absolute atomic E-state index is 0.0710. The van der Waals surface area contributed by atoms with E-state index in [4.69, 9.17) is 5.11 Å². The van der Waals surface area contributed by atoms with Crippen molar-refractivity contribution < 1.29 is 14.7 Å². The van der Waals surface area contributed by atoms with Crippen LogP contribution in [0, 0.1) is 0 Å². The van der Waals surface area contributed by atoms with E-state index >= 15 is 0 Å². The van der Waals surface area contributed by atoms with Crippen LogP contribution in [0.25, 0.3) is 6.08 Å². The highest BCUT2D eigenvalue weighted by molar-refractivity contribution is 5.75. The fourth-order valence-electron chi connectivity index (χ4n) is 1.74. The van der Waals surface area contributed by atoms with Gasteiger partial charge >= 0.3 is 12.0 Å². The third-order valence-electron chi connectivity index (χ3n) is 2.66. The molecule has 0 heterocycles. The van der Waals surface area contributed by atoms with Gasteiger partial charge in [-0.3, -0.25) is 4.79 Å². The Labute approximate surface area is 118 Å². The van der Waals surface area contributed by atoms with Crippen LogP contribution >= 0.6 is 0 Å². The molecule has 0 aliphatic rings. The van der Waals surface area contributed by atoms with Gasteiger partial charge in [0.25, 0.3) is 0 Å². The molecule has 0 fully saturated rings. The summed E-state index contributed by atoms with van der Waals surface area (Å²) in [5.74, 6) is -0.923. The number of nitrogens with zero attached hydrogens (tertiary/aromatic N) is 1. The lowest BCUT2D eigenvalue weighted by Crippen LogP contribution is -2.38. The van der Waals surface area contributed by atoms with E-state index in [1.54, 1.807) is 7.05 Å². The SMILES string of the molecule is C/C(=C\c1ccccc1)CN(C)C(=O)NCCC(=O)O. The third-order valence-corrected chi connectivity index (χ3v) is 2.66. The van der Waals surface area contributed by atoms with Crippen molar-refractivity contribution in [2.24, 2.45) is 0 Å². The Morgan fingerprint density at radius 2 is 1.95 bits per heavy atom. The molecule has 1 rings (SSSR count). The van der Waals surface area contributed by atoms with Crippen molar-refractivity contribution in [3.8, 4) is 0 Å². The Hall–Kier alpha value is -2.30. The van der Waals surface area contributed by atoms with E-state index in [2.05, 4.69) is 5.32 Å². The van der Waals surface area contributed by atoms with Gasteiger partial charge in [-0.15, -0.1) is 0 Å². The van der Waals surface area contributed by atoms with Crippen LogP contribution in [0.3, 0.4) is 0 Å². The first-order chi connectivity index (χ1) is 9.49. The molecule has 5 heteroatoms. The van der Waals surface area contributed by atoms with Gasteiger partial charge in [-0.05, 0) is 12.5 Å². The van der Waals surface area contributed by atoms with Crippen LogP contribution in [-0.4, -0.2) is 42.1 Å². The molecule has 2 amide bonds. The number of aliphatic carboxylic acids is 1. The number of nitrogens with one attached hydrogen (secondary N) is 1. The smallest absolute Gasteiger partial charge is 0.317 e. The van der Waals surface area contributed by atoms with E-state index in [1.807, 2.05) is 43.3 Å². The van der Waals surface area contributed by atoms with Gasteiger partial charge in [-0.1, -0.05) is 42.0 Å². The lowest BCUT2D eigenvalue weighted by atomic mass is 10.1. The van der Waals surface area contributed by atoms with Gasteiger partial charge in [-0.2, -0.15) is 0 Å². The summed E-state index contributed by atoms with van der Waals surface area (Å²) in [6, 6.07) is 9.59. The molecule has 0 radical (unpaired) electrons. The number of benzene rings is 1. The molecule has 1 aromatic rings. The summed E-state index contributed by atoms with van der Waals surface area (Å²) in [7, 11) is 1.68. The quantitative estimate of drug-likeness (QED) is 0.837. The van der Waals surface area contributed by atoms with Gasteiger partial charge in [0.1, 0.15) is 0 Å². The number of urea groups is 1. The van der Waals surface area contributed by atoms with Gasteiger partial charge in [-0.25, -0.2) is 4.79 Å². The molecule has 0 bridgehead atoms. The van der Waals surface area contributed by atoms with Crippen LogP contribution in [0.5, 0.6) is 0 Å². The van der Waals surface area contributed by atoms with Crippen molar-refractivity contribution in [1.82, 2.24) is 10.2 Å². The maximum Gasteiger partial charge on any atom is 0.317 e. The molecule has 0 aliphatic heterocycles. The number of hydrogen-bond donors (Lipinski definition) is 2. The molecule has 0 saturated heterocycles. The van der Waals surface area contributed by atoms with Crippen molar-refractivity contribution >= 4 is 18.1 Å². The van der Waals surface area contributed by atoms with Crippen molar-refractivity contribution in [1.29, 1.82) is 0 Å². The number of amides is 2. The normalized spacial score (nSPS) is 11.0. The van der Waals surface area contributed by atoms with E-state index < -0.39 is 5.97 Å². The van der Waals surface area contributed by atoms with Gasteiger partial charge in [0.2, 0.25) is 0 Å². The number of likely N-dealkylation sites (N-methyl/N-ethyl adjacent to an activating group) is 1. The van der Waals surface area contributed by atoms with Crippen LogP contribution in [-0.2, 0) is 4.79 Å². The summed E-state index contributed by atoms with van der Waals surface area (Å²) in [4.78, 5) is 23.6. The highest BCUT2D eigenvalue weighted by Gasteiger charge is 2.08. The van der Waals surface area contributed by atoms with Gasteiger partial charge in [0, 0.05) is 20.1 Å². The zero-order chi connectivity index (χ0) is 15.0. The number of carbonyl (C=O) groups excluding carboxylic acids is 1. The summed E-state index contributed by atoms with van der Waals surface area (Å²) in [6.07, 6.45) is 1.94. The predicted molar refractivity (Wildman–Crippen MR) is 78.4 cm³/mol. The van der Waals surface area contributed by atoms with Crippen LogP contribution in [0.1, 0.15) is 18.9 Å².